The lowest BCUT2D eigenvalue weighted by molar-refractivity contribution is -0.116. The minimum atomic E-state index is -0.303. The zero-order valence-electron chi connectivity index (χ0n) is 13.2. The summed E-state index contributed by atoms with van der Waals surface area (Å²) in [7, 11) is 0. The van der Waals surface area contributed by atoms with Crippen molar-refractivity contribution < 1.29 is 4.79 Å². The first-order chi connectivity index (χ1) is 11.7. The molecule has 3 aromatic rings. The number of hydrogen-bond donors (Lipinski definition) is 2. The van der Waals surface area contributed by atoms with Crippen LogP contribution in [0.4, 0.5) is 5.69 Å². The fraction of sp³-hybridized carbons (Fsp3) is 0.100. The first-order valence-electron chi connectivity index (χ1n) is 7.83. The number of amides is 1. The van der Waals surface area contributed by atoms with Crippen molar-refractivity contribution in [3.8, 4) is 11.1 Å². The molecule has 0 aliphatic rings. The second-order valence-corrected chi connectivity index (χ2v) is 5.58. The number of hydrogen-bond acceptors (Lipinski definition) is 3. The van der Waals surface area contributed by atoms with E-state index in [1.54, 1.807) is 12.4 Å². The van der Waals surface area contributed by atoms with Crippen LogP contribution >= 0.6 is 0 Å². The molecule has 2 aromatic carbocycles. The van der Waals surface area contributed by atoms with E-state index in [1.807, 2.05) is 66.7 Å². The zero-order valence-corrected chi connectivity index (χ0v) is 13.2. The second-order valence-electron chi connectivity index (χ2n) is 5.58. The number of benzene rings is 2. The molecule has 1 atom stereocenters. The SMILES string of the molecule is N[C@@H](CC(=O)Nc1ccc(-c2ccncc2)cc1)c1ccccc1. The van der Waals surface area contributed by atoms with Crippen molar-refractivity contribution in [2.24, 2.45) is 5.73 Å². The predicted octanol–water partition coefficient (Wildman–Crippen LogP) is 3.78. The van der Waals surface area contributed by atoms with E-state index in [1.165, 1.54) is 0 Å². The van der Waals surface area contributed by atoms with Crippen molar-refractivity contribution in [3.05, 3.63) is 84.7 Å². The van der Waals surface area contributed by atoms with Gasteiger partial charge in [-0.05, 0) is 41.0 Å². The molecule has 4 heteroatoms. The summed E-state index contributed by atoms with van der Waals surface area (Å²) in [6, 6.07) is 21.0. The molecule has 0 unspecified atom stereocenters. The van der Waals surface area contributed by atoms with Crippen LogP contribution in [0.2, 0.25) is 0 Å². The van der Waals surface area contributed by atoms with Crippen LogP contribution in [0.25, 0.3) is 11.1 Å². The van der Waals surface area contributed by atoms with E-state index in [0.29, 0.717) is 0 Å². The molecule has 1 heterocycles. The maximum absolute atomic E-state index is 12.2. The molecule has 0 aliphatic carbocycles. The van der Waals surface area contributed by atoms with Crippen LogP contribution in [0.3, 0.4) is 0 Å². The smallest absolute Gasteiger partial charge is 0.226 e. The van der Waals surface area contributed by atoms with Gasteiger partial charge >= 0.3 is 0 Å². The minimum Gasteiger partial charge on any atom is -0.326 e. The van der Waals surface area contributed by atoms with Gasteiger partial charge in [0.15, 0.2) is 0 Å². The Bertz CT molecular complexity index is 786. The molecule has 3 rings (SSSR count). The first kappa shape index (κ1) is 15.9. The minimum absolute atomic E-state index is 0.0944. The van der Waals surface area contributed by atoms with Crippen molar-refractivity contribution in [1.82, 2.24) is 4.98 Å². The van der Waals surface area contributed by atoms with Gasteiger partial charge in [-0.2, -0.15) is 0 Å². The summed E-state index contributed by atoms with van der Waals surface area (Å²) in [6.07, 6.45) is 3.77. The molecule has 0 saturated heterocycles. The van der Waals surface area contributed by atoms with Gasteiger partial charge in [-0.1, -0.05) is 42.5 Å². The lowest BCUT2D eigenvalue weighted by Crippen LogP contribution is -2.20. The lowest BCUT2D eigenvalue weighted by atomic mass is 10.0. The molecule has 0 aliphatic heterocycles. The summed E-state index contributed by atoms with van der Waals surface area (Å²) < 4.78 is 0. The number of anilines is 1. The van der Waals surface area contributed by atoms with Gasteiger partial charge in [-0.25, -0.2) is 0 Å². The van der Waals surface area contributed by atoms with E-state index in [2.05, 4.69) is 10.3 Å². The molecule has 3 N–H and O–H groups in total. The Hall–Kier alpha value is -2.98. The van der Waals surface area contributed by atoms with Crippen molar-refractivity contribution in [2.75, 3.05) is 5.32 Å². The Morgan fingerprint density at radius 2 is 1.54 bits per heavy atom. The third kappa shape index (κ3) is 4.06. The van der Waals surface area contributed by atoms with Crippen LogP contribution < -0.4 is 11.1 Å². The molecule has 120 valence electrons. The molecule has 1 aromatic heterocycles. The van der Waals surface area contributed by atoms with Gasteiger partial charge in [0.05, 0.1) is 0 Å². The third-order valence-electron chi connectivity index (χ3n) is 3.82. The number of nitrogens with two attached hydrogens (primary N) is 1. The number of nitrogens with one attached hydrogen (secondary N) is 1. The molecule has 0 spiro atoms. The monoisotopic (exact) mass is 317 g/mol. The summed E-state index contributed by atoms with van der Waals surface area (Å²) in [4.78, 5) is 16.2. The van der Waals surface area contributed by atoms with Crippen molar-refractivity contribution in [3.63, 3.8) is 0 Å². The van der Waals surface area contributed by atoms with Gasteiger partial charge < -0.3 is 11.1 Å². The molecule has 0 saturated carbocycles. The second kappa shape index (κ2) is 7.53. The average molecular weight is 317 g/mol. The highest BCUT2D eigenvalue weighted by Crippen LogP contribution is 2.21. The highest BCUT2D eigenvalue weighted by molar-refractivity contribution is 5.91. The van der Waals surface area contributed by atoms with Crippen LogP contribution in [0.5, 0.6) is 0 Å². The van der Waals surface area contributed by atoms with Crippen LogP contribution in [-0.2, 0) is 4.79 Å². The van der Waals surface area contributed by atoms with Crippen molar-refractivity contribution in [2.45, 2.75) is 12.5 Å². The molecule has 0 bridgehead atoms. The van der Waals surface area contributed by atoms with E-state index in [4.69, 9.17) is 5.73 Å². The standard InChI is InChI=1S/C20H19N3O/c21-19(17-4-2-1-3-5-17)14-20(24)23-18-8-6-15(7-9-18)16-10-12-22-13-11-16/h1-13,19H,14,21H2,(H,23,24)/t19-/m0/s1. The number of aromatic nitrogens is 1. The Labute approximate surface area is 141 Å². The van der Waals surface area contributed by atoms with E-state index in [-0.39, 0.29) is 18.4 Å². The normalized spacial score (nSPS) is 11.7. The molecular formula is C20H19N3O. The van der Waals surface area contributed by atoms with E-state index in [0.717, 1.165) is 22.4 Å². The number of carbonyl (C=O) groups is 1. The Morgan fingerprint density at radius 1 is 0.917 bits per heavy atom. The van der Waals surface area contributed by atoms with E-state index >= 15 is 0 Å². The van der Waals surface area contributed by atoms with Gasteiger partial charge in [0.1, 0.15) is 0 Å². The first-order valence-corrected chi connectivity index (χ1v) is 7.83. The van der Waals surface area contributed by atoms with Crippen LogP contribution in [0.1, 0.15) is 18.0 Å². The van der Waals surface area contributed by atoms with E-state index < -0.39 is 0 Å². The summed E-state index contributed by atoms with van der Waals surface area (Å²) >= 11 is 0. The fourth-order valence-corrected chi connectivity index (χ4v) is 2.52. The third-order valence-corrected chi connectivity index (χ3v) is 3.82. The largest absolute Gasteiger partial charge is 0.326 e. The highest BCUT2D eigenvalue weighted by Gasteiger charge is 2.11. The van der Waals surface area contributed by atoms with Crippen LogP contribution in [-0.4, -0.2) is 10.9 Å². The summed E-state index contributed by atoms with van der Waals surface area (Å²) in [5, 5.41) is 2.89. The zero-order chi connectivity index (χ0) is 16.8. The Balaban J connectivity index is 1.61. The number of carbonyl (C=O) groups excluding carboxylic acids is 1. The number of pyridine rings is 1. The molecular weight excluding hydrogens is 298 g/mol. The highest BCUT2D eigenvalue weighted by atomic mass is 16.1. The van der Waals surface area contributed by atoms with E-state index in [9.17, 15) is 4.79 Å². The molecule has 4 nitrogen and oxygen atoms in total. The molecule has 0 fully saturated rings. The Kier molecular flexibility index (Phi) is 4.99. The van der Waals surface area contributed by atoms with Gasteiger partial charge in [-0.15, -0.1) is 0 Å². The summed E-state index contributed by atoms with van der Waals surface area (Å²) in [6.45, 7) is 0. The fourth-order valence-electron chi connectivity index (χ4n) is 2.52. The molecule has 0 radical (unpaired) electrons. The number of nitrogens with zero attached hydrogens (tertiary/aromatic N) is 1. The topological polar surface area (TPSA) is 68.0 Å². The van der Waals surface area contributed by atoms with Crippen molar-refractivity contribution in [1.29, 1.82) is 0 Å². The predicted molar refractivity (Wildman–Crippen MR) is 96.3 cm³/mol. The van der Waals surface area contributed by atoms with Crippen molar-refractivity contribution >= 4 is 11.6 Å². The molecule has 24 heavy (non-hydrogen) atoms. The summed E-state index contributed by atoms with van der Waals surface area (Å²) in [5.74, 6) is -0.0944. The maximum Gasteiger partial charge on any atom is 0.226 e. The molecule has 1 amide bonds. The van der Waals surface area contributed by atoms with Gasteiger partial charge in [0.25, 0.3) is 0 Å². The number of rotatable bonds is 5. The average Bonchev–Trinajstić information content (AvgIpc) is 2.64. The Morgan fingerprint density at radius 3 is 2.21 bits per heavy atom. The quantitative estimate of drug-likeness (QED) is 0.752. The summed E-state index contributed by atoms with van der Waals surface area (Å²) in [5.41, 5.74) is 9.98. The lowest BCUT2D eigenvalue weighted by Gasteiger charge is -2.12. The van der Waals surface area contributed by atoms with Gasteiger partial charge in [0, 0.05) is 30.5 Å². The van der Waals surface area contributed by atoms with Gasteiger partial charge in [0.2, 0.25) is 5.91 Å². The maximum atomic E-state index is 12.2. The van der Waals surface area contributed by atoms with Gasteiger partial charge in [-0.3, -0.25) is 9.78 Å². The van der Waals surface area contributed by atoms with Crippen LogP contribution in [0.15, 0.2) is 79.1 Å². The van der Waals surface area contributed by atoms with Crippen LogP contribution in [0, 0.1) is 0 Å².